The highest BCUT2D eigenvalue weighted by molar-refractivity contribution is 9.10. The van der Waals surface area contributed by atoms with Crippen molar-refractivity contribution in [2.24, 2.45) is 0 Å². The molecule has 70 valence electrons. The first-order valence-electron chi connectivity index (χ1n) is 4.10. The third kappa shape index (κ3) is 1.75. The number of nitrogen functional groups attached to an aromatic ring is 1. The Bertz CT molecular complexity index is 457. The van der Waals surface area contributed by atoms with E-state index in [2.05, 4.69) is 26.1 Å². The Kier molecular flexibility index (Phi) is 2.45. The second-order valence-corrected chi connectivity index (χ2v) is 3.71. The van der Waals surface area contributed by atoms with Crippen LogP contribution in [0.3, 0.4) is 0 Å². The summed E-state index contributed by atoms with van der Waals surface area (Å²) in [6, 6.07) is 9.62. The van der Waals surface area contributed by atoms with Crippen molar-refractivity contribution in [3.63, 3.8) is 0 Å². The van der Waals surface area contributed by atoms with Gasteiger partial charge in [-0.25, -0.2) is 0 Å². The summed E-state index contributed by atoms with van der Waals surface area (Å²) < 4.78 is 0.986. The molecule has 0 bridgehead atoms. The molecule has 3 nitrogen and oxygen atoms in total. The number of anilines is 1. The molecule has 0 aliphatic rings. The van der Waals surface area contributed by atoms with Crippen LogP contribution in [0.15, 0.2) is 41.0 Å². The lowest BCUT2D eigenvalue weighted by molar-refractivity contribution is 1.04. The van der Waals surface area contributed by atoms with E-state index >= 15 is 0 Å². The third-order valence-electron chi connectivity index (χ3n) is 1.83. The number of hydrogen-bond donors (Lipinski definition) is 1. The molecule has 0 atom stereocenters. The minimum Gasteiger partial charge on any atom is -0.397 e. The summed E-state index contributed by atoms with van der Waals surface area (Å²) in [6.45, 7) is 0. The number of aromatic nitrogens is 2. The van der Waals surface area contributed by atoms with Gasteiger partial charge in [0.1, 0.15) is 0 Å². The Balaban J connectivity index is 2.55. The van der Waals surface area contributed by atoms with Crippen molar-refractivity contribution < 1.29 is 0 Å². The first kappa shape index (κ1) is 9.15. The SMILES string of the molecule is Nc1cnnc(-c2ccccc2Br)c1. The quantitative estimate of drug-likeness (QED) is 0.845. The molecule has 1 aromatic heterocycles. The fourth-order valence-corrected chi connectivity index (χ4v) is 1.67. The van der Waals surface area contributed by atoms with Crippen LogP contribution in [0.4, 0.5) is 5.69 Å². The summed E-state index contributed by atoms with van der Waals surface area (Å²) >= 11 is 3.45. The standard InChI is InChI=1S/C10H8BrN3/c11-9-4-2-1-3-8(9)10-5-7(12)6-13-14-10/h1-6H,(H2,12,14). The van der Waals surface area contributed by atoms with Crippen LogP contribution in [0.2, 0.25) is 0 Å². The van der Waals surface area contributed by atoms with Crippen molar-refractivity contribution in [3.8, 4) is 11.3 Å². The monoisotopic (exact) mass is 249 g/mol. The van der Waals surface area contributed by atoms with Crippen molar-refractivity contribution in [2.75, 3.05) is 5.73 Å². The maximum absolute atomic E-state index is 5.63. The number of hydrogen-bond acceptors (Lipinski definition) is 3. The smallest absolute Gasteiger partial charge is 0.0961 e. The van der Waals surface area contributed by atoms with Gasteiger partial charge < -0.3 is 5.73 Å². The molecule has 0 radical (unpaired) electrons. The van der Waals surface area contributed by atoms with Gasteiger partial charge >= 0.3 is 0 Å². The Labute approximate surface area is 90.1 Å². The van der Waals surface area contributed by atoms with E-state index in [4.69, 9.17) is 5.73 Å². The summed E-state index contributed by atoms with van der Waals surface area (Å²) in [7, 11) is 0. The molecule has 0 amide bonds. The van der Waals surface area contributed by atoms with E-state index in [9.17, 15) is 0 Å². The lowest BCUT2D eigenvalue weighted by Gasteiger charge is -2.02. The molecule has 1 aromatic carbocycles. The van der Waals surface area contributed by atoms with E-state index in [1.54, 1.807) is 6.07 Å². The molecule has 2 rings (SSSR count). The van der Waals surface area contributed by atoms with Crippen LogP contribution < -0.4 is 5.73 Å². The van der Waals surface area contributed by atoms with Crippen LogP contribution in [-0.2, 0) is 0 Å². The van der Waals surface area contributed by atoms with Gasteiger partial charge in [-0.3, -0.25) is 0 Å². The van der Waals surface area contributed by atoms with Gasteiger partial charge in [0.15, 0.2) is 0 Å². The average Bonchev–Trinajstić information content (AvgIpc) is 2.18. The van der Waals surface area contributed by atoms with E-state index in [1.165, 1.54) is 6.20 Å². The van der Waals surface area contributed by atoms with Gasteiger partial charge in [0, 0.05) is 10.0 Å². The van der Waals surface area contributed by atoms with Crippen LogP contribution in [0.25, 0.3) is 11.3 Å². The maximum atomic E-state index is 5.63. The van der Waals surface area contributed by atoms with E-state index in [0.29, 0.717) is 5.69 Å². The lowest BCUT2D eigenvalue weighted by atomic mass is 10.1. The predicted octanol–water partition coefficient (Wildman–Crippen LogP) is 2.49. The number of halogens is 1. The maximum Gasteiger partial charge on any atom is 0.0961 e. The van der Waals surface area contributed by atoms with Crippen LogP contribution >= 0.6 is 15.9 Å². The molecular weight excluding hydrogens is 242 g/mol. The van der Waals surface area contributed by atoms with Gasteiger partial charge in [0.25, 0.3) is 0 Å². The second-order valence-electron chi connectivity index (χ2n) is 2.85. The molecule has 2 N–H and O–H groups in total. The molecule has 0 aliphatic heterocycles. The molecule has 2 aromatic rings. The molecule has 1 heterocycles. The number of nitrogens with zero attached hydrogens (tertiary/aromatic N) is 2. The summed E-state index contributed by atoms with van der Waals surface area (Å²) in [4.78, 5) is 0. The highest BCUT2D eigenvalue weighted by Gasteiger charge is 2.03. The molecule has 0 aliphatic carbocycles. The molecule has 14 heavy (non-hydrogen) atoms. The largest absolute Gasteiger partial charge is 0.397 e. The topological polar surface area (TPSA) is 51.8 Å². The number of benzene rings is 1. The zero-order valence-electron chi connectivity index (χ0n) is 7.31. The summed E-state index contributed by atoms with van der Waals surface area (Å²) in [5.74, 6) is 0. The minimum atomic E-state index is 0.616. The van der Waals surface area contributed by atoms with Crippen LogP contribution in [0, 0.1) is 0 Å². The zero-order chi connectivity index (χ0) is 9.97. The zero-order valence-corrected chi connectivity index (χ0v) is 8.90. The molecule has 0 unspecified atom stereocenters. The van der Waals surface area contributed by atoms with Crippen molar-refractivity contribution >= 4 is 21.6 Å². The van der Waals surface area contributed by atoms with Gasteiger partial charge in [0.2, 0.25) is 0 Å². The average molecular weight is 250 g/mol. The number of nitrogens with two attached hydrogens (primary N) is 1. The second kappa shape index (κ2) is 3.75. The van der Waals surface area contributed by atoms with Crippen LogP contribution in [-0.4, -0.2) is 10.2 Å². The Morgan fingerprint density at radius 1 is 1.21 bits per heavy atom. The highest BCUT2D eigenvalue weighted by atomic mass is 79.9. The molecular formula is C10H8BrN3. The first-order chi connectivity index (χ1) is 6.77. The summed E-state index contributed by atoms with van der Waals surface area (Å²) in [5, 5.41) is 7.82. The van der Waals surface area contributed by atoms with Crippen molar-refractivity contribution in [3.05, 3.63) is 41.0 Å². The minimum absolute atomic E-state index is 0.616. The fraction of sp³-hybridized carbons (Fsp3) is 0. The summed E-state index contributed by atoms with van der Waals surface area (Å²) in [5.41, 5.74) is 8.01. The number of rotatable bonds is 1. The van der Waals surface area contributed by atoms with Gasteiger partial charge in [-0.2, -0.15) is 10.2 Å². The van der Waals surface area contributed by atoms with Gasteiger partial charge in [-0.05, 0) is 12.1 Å². The van der Waals surface area contributed by atoms with Crippen LogP contribution in [0.5, 0.6) is 0 Å². The first-order valence-corrected chi connectivity index (χ1v) is 4.90. The normalized spacial score (nSPS) is 10.1. The van der Waals surface area contributed by atoms with E-state index < -0.39 is 0 Å². The highest BCUT2D eigenvalue weighted by Crippen LogP contribution is 2.26. The summed E-state index contributed by atoms with van der Waals surface area (Å²) in [6.07, 6.45) is 1.53. The van der Waals surface area contributed by atoms with Crippen LogP contribution in [0.1, 0.15) is 0 Å². The van der Waals surface area contributed by atoms with Gasteiger partial charge in [-0.1, -0.05) is 34.1 Å². The molecule has 0 spiro atoms. The van der Waals surface area contributed by atoms with Crippen molar-refractivity contribution in [2.45, 2.75) is 0 Å². The fourth-order valence-electron chi connectivity index (χ4n) is 1.18. The van der Waals surface area contributed by atoms with Crippen molar-refractivity contribution in [1.29, 1.82) is 0 Å². The Morgan fingerprint density at radius 3 is 2.71 bits per heavy atom. The Morgan fingerprint density at radius 2 is 2.00 bits per heavy atom. The van der Waals surface area contributed by atoms with Gasteiger partial charge in [-0.15, -0.1) is 0 Å². The van der Waals surface area contributed by atoms with Gasteiger partial charge in [0.05, 0.1) is 17.6 Å². The van der Waals surface area contributed by atoms with Crippen molar-refractivity contribution in [1.82, 2.24) is 10.2 Å². The molecule has 0 saturated carbocycles. The van der Waals surface area contributed by atoms with E-state index in [0.717, 1.165) is 15.7 Å². The van der Waals surface area contributed by atoms with E-state index in [1.807, 2.05) is 24.3 Å². The molecule has 4 heteroatoms. The Hall–Kier alpha value is -1.42. The predicted molar refractivity (Wildman–Crippen MR) is 59.6 cm³/mol. The molecule has 0 fully saturated rings. The van der Waals surface area contributed by atoms with E-state index in [-0.39, 0.29) is 0 Å². The molecule has 0 saturated heterocycles. The third-order valence-corrected chi connectivity index (χ3v) is 2.52. The lowest BCUT2D eigenvalue weighted by Crippen LogP contribution is -1.92.